The molecule has 0 N–H and O–H groups in total. The number of halogens is 2. The van der Waals surface area contributed by atoms with Crippen molar-refractivity contribution in [3.8, 4) is 0 Å². The topological polar surface area (TPSA) is 43.4 Å². The molecule has 0 saturated carbocycles. The van der Waals surface area contributed by atoms with Crippen LogP contribution in [0.15, 0.2) is 28.7 Å². The molecule has 0 fully saturated rings. The summed E-state index contributed by atoms with van der Waals surface area (Å²) in [6.45, 7) is 2.04. The van der Waals surface area contributed by atoms with Crippen LogP contribution in [0, 0.1) is 0 Å². The monoisotopic (exact) mass is 386 g/mol. The van der Waals surface area contributed by atoms with E-state index in [1.165, 1.54) is 24.5 Å². The first kappa shape index (κ1) is 16.2. The van der Waals surface area contributed by atoms with Gasteiger partial charge in [0.1, 0.15) is 0 Å². The van der Waals surface area contributed by atoms with Crippen molar-refractivity contribution in [1.29, 1.82) is 0 Å². The van der Waals surface area contributed by atoms with Crippen LogP contribution in [0.5, 0.6) is 0 Å². The fourth-order valence-corrected chi connectivity index (χ4v) is 3.47. The van der Waals surface area contributed by atoms with E-state index in [1.54, 1.807) is 12.1 Å². The van der Waals surface area contributed by atoms with E-state index < -0.39 is 5.97 Å². The number of aryl methyl sites for hydroxylation is 1. The third kappa shape index (κ3) is 3.36. The molecule has 0 aliphatic heterocycles. The van der Waals surface area contributed by atoms with Crippen molar-refractivity contribution >= 4 is 50.6 Å². The third-order valence-corrected chi connectivity index (χ3v) is 5.14. The van der Waals surface area contributed by atoms with E-state index in [2.05, 4.69) is 20.7 Å². The SMILES string of the molecule is CCc1ccc(C(=O)c2cc(Br)c(C(=O)OC)cc2Cl)s1. The van der Waals surface area contributed by atoms with Crippen LogP contribution in [0.25, 0.3) is 0 Å². The van der Waals surface area contributed by atoms with Crippen molar-refractivity contribution < 1.29 is 14.3 Å². The number of thiophene rings is 1. The molecule has 21 heavy (non-hydrogen) atoms. The summed E-state index contributed by atoms with van der Waals surface area (Å²) in [5.74, 6) is -0.658. The molecule has 1 heterocycles. The molecular formula is C15H12BrClO3S. The number of benzene rings is 1. The number of methoxy groups -OCH3 is 1. The summed E-state index contributed by atoms with van der Waals surface area (Å²) in [6, 6.07) is 6.73. The summed E-state index contributed by atoms with van der Waals surface area (Å²) in [5, 5.41) is 0.232. The molecular weight excluding hydrogens is 376 g/mol. The van der Waals surface area contributed by atoms with Crippen molar-refractivity contribution in [2.75, 3.05) is 7.11 Å². The van der Waals surface area contributed by atoms with Gasteiger partial charge in [0, 0.05) is 14.9 Å². The summed E-state index contributed by atoms with van der Waals surface area (Å²) in [7, 11) is 1.29. The van der Waals surface area contributed by atoms with Gasteiger partial charge in [-0.25, -0.2) is 4.79 Å². The average molecular weight is 388 g/mol. The van der Waals surface area contributed by atoms with Crippen LogP contribution in [-0.2, 0) is 11.2 Å². The van der Waals surface area contributed by atoms with Crippen LogP contribution in [0.3, 0.4) is 0 Å². The minimum atomic E-state index is -0.507. The summed E-state index contributed by atoms with van der Waals surface area (Å²) >= 11 is 10.9. The van der Waals surface area contributed by atoms with Crippen LogP contribution in [0.1, 0.15) is 37.4 Å². The van der Waals surface area contributed by atoms with E-state index in [0.29, 0.717) is 20.5 Å². The van der Waals surface area contributed by atoms with E-state index in [1.807, 2.05) is 13.0 Å². The zero-order valence-corrected chi connectivity index (χ0v) is 14.6. The lowest BCUT2D eigenvalue weighted by molar-refractivity contribution is 0.0599. The van der Waals surface area contributed by atoms with Crippen LogP contribution in [0.2, 0.25) is 5.02 Å². The van der Waals surface area contributed by atoms with E-state index in [-0.39, 0.29) is 10.8 Å². The number of carbonyl (C=O) groups is 2. The van der Waals surface area contributed by atoms with Crippen LogP contribution >= 0.6 is 38.9 Å². The molecule has 0 bridgehead atoms. The molecule has 0 atom stereocenters. The predicted molar refractivity (Wildman–Crippen MR) is 87.6 cm³/mol. The number of hydrogen-bond acceptors (Lipinski definition) is 4. The molecule has 0 unspecified atom stereocenters. The second-order valence-corrected chi connectivity index (χ2v) is 6.68. The van der Waals surface area contributed by atoms with Crippen molar-refractivity contribution in [3.05, 3.63) is 54.6 Å². The maximum atomic E-state index is 12.5. The van der Waals surface area contributed by atoms with Gasteiger partial charge in [-0.3, -0.25) is 4.79 Å². The van der Waals surface area contributed by atoms with Gasteiger partial charge in [0.25, 0.3) is 0 Å². The van der Waals surface area contributed by atoms with E-state index >= 15 is 0 Å². The molecule has 1 aromatic heterocycles. The van der Waals surface area contributed by atoms with Crippen molar-refractivity contribution in [2.45, 2.75) is 13.3 Å². The molecule has 0 radical (unpaired) electrons. The molecule has 1 aromatic carbocycles. The standard InChI is InChI=1S/C15H12BrClO3S/c1-3-8-4-5-13(21-8)14(18)10-6-11(16)9(7-12(10)17)15(19)20-2/h4-7H,3H2,1-2H3. The van der Waals surface area contributed by atoms with E-state index in [9.17, 15) is 9.59 Å². The lowest BCUT2D eigenvalue weighted by Gasteiger charge is -2.07. The lowest BCUT2D eigenvalue weighted by Crippen LogP contribution is -2.06. The molecule has 0 saturated heterocycles. The van der Waals surface area contributed by atoms with Crippen LogP contribution in [-0.4, -0.2) is 18.9 Å². The predicted octanol–water partition coefficient (Wildman–Crippen LogP) is 4.74. The Labute approximate surface area is 140 Å². The quantitative estimate of drug-likeness (QED) is 0.562. The van der Waals surface area contributed by atoms with Gasteiger partial charge in [-0.05, 0) is 46.6 Å². The number of esters is 1. The fraction of sp³-hybridized carbons (Fsp3) is 0.200. The molecule has 0 amide bonds. The van der Waals surface area contributed by atoms with Gasteiger partial charge in [-0.2, -0.15) is 0 Å². The highest BCUT2D eigenvalue weighted by Gasteiger charge is 2.20. The molecule has 0 aliphatic rings. The Morgan fingerprint density at radius 1 is 1.29 bits per heavy atom. The first-order valence-corrected chi connectivity index (χ1v) is 8.17. The van der Waals surface area contributed by atoms with Gasteiger partial charge in [0.05, 0.1) is 22.6 Å². The molecule has 2 aromatic rings. The Hall–Kier alpha value is -1.17. The van der Waals surface area contributed by atoms with Gasteiger partial charge in [0.15, 0.2) is 0 Å². The highest BCUT2D eigenvalue weighted by molar-refractivity contribution is 9.10. The Kier molecular flexibility index (Phi) is 5.19. The fourth-order valence-electron chi connectivity index (χ4n) is 1.81. The van der Waals surface area contributed by atoms with E-state index in [0.717, 1.165) is 11.3 Å². The summed E-state index contributed by atoms with van der Waals surface area (Å²) in [6.07, 6.45) is 0.886. The maximum Gasteiger partial charge on any atom is 0.339 e. The van der Waals surface area contributed by atoms with Gasteiger partial charge >= 0.3 is 5.97 Å². The highest BCUT2D eigenvalue weighted by atomic mass is 79.9. The first-order chi connectivity index (χ1) is 9.97. The third-order valence-electron chi connectivity index (χ3n) is 2.94. The molecule has 110 valence electrons. The second-order valence-electron chi connectivity index (χ2n) is 4.25. The minimum Gasteiger partial charge on any atom is -0.465 e. The van der Waals surface area contributed by atoms with Crippen LogP contribution < -0.4 is 0 Å². The Morgan fingerprint density at radius 3 is 2.57 bits per heavy atom. The van der Waals surface area contributed by atoms with Crippen molar-refractivity contribution in [1.82, 2.24) is 0 Å². The normalized spacial score (nSPS) is 10.5. The van der Waals surface area contributed by atoms with Gasteiger partial charge < -0.3 is 4.74 Å². The highest BCUT2D eigenvalue weighted by Crippen LogP contribution is 2.30. The Morgan fingerprint density at radius 2 is 2.00 bits per heavy atom. The Balaban J connectivity index is 2.42. The minimum absolute atomic E-state index is 0.151. The number of ether oxygens (including phenoxy) is 1. The number of rotatable bonds is 4. The van der Waals surface area contributed by atoms with Gasteiger partial charge in [-0.15, -0.1) is 11.3 Å². The molecule has 3 nitrogen and oxygen atoms in total. The van der Waals surface area contributed by atoms with Gasteiger partial charge in [0.2, 0.25) is 5.78 Å². The summed E-state index contributed by atoms with van der Waals surface area (Å²) in [4.78, 5) is 25.8. The first-order valence-electron chi connectivity index (χ1n) is 6.18. The van der Waals surface area contributed by atoms with Crippen molar-refractivity contribution in [3.63, 3.8) is 0 Å². The molecule has 6 heteroatoms. The largest absolute Gasteiger partial charge is 0.465 e. The molecule has 2 rings (SSSR count). The zero-order valence-electron chi connectivity index (χ0n) is 11.4. The second kappa shape index (κ2) is 6.73. The number of carbonyl (C=O) groups excluding carboxylic acids is 2. The molecule has 0 spiro atoms. The Bertz CT molecular complexity index is 709. The smallest absolute Gasteiger partial charge is 0.339 e. The maximum absolute atomic E-state index is 12.5. The van der Waals surface area contributed by atoms with Gasteiger partial charge in [-0.1, -0.05) is 18.5 Å². The van der Waals surface area contributed by atoms with E-state index in [4.69, 9.17) is 11.6 Å². The lowest BCUT2D eigenvalue weighted by atomic mass is 10.1. The number of hydrogen-bond donors (Lipinski definition) is 0. The average Bonchev–Trinajstić information content (AvgIpc) is 2.96. The zero-order chi connectivity index (χ0) is 15.6. The van der Waals surface area contributed by atoms with Crippen molar-refractivity contribution in [2.24, 2.45) is 0 Å². The van der Waals surface area contributed by atoms with Crippen LogP contribution in [0.4, 0.5) is 0 Å². The summed E-state index contributed by atoms with van der Waals surface area (Å²) in [5.41, 5.74) is 0.653. The number of ketones is 1. The summed E-state index contributed by atoms with van der Waals surface area (Å²) < 4.78 is 5.15. The molecule has 0 aliphatic carbocycles.